The van der Waals surface area contributed by atoms with Gasteiger partial charge in [0.1, 0.15) is 5.75 Å². The van der Waals surface area contributed by atoms with Crippen LogP contribution in [0.15, 0.2) is 29.3 Å². The number of nitrogens with one attached hydrogen (secondary N) is 2. The number of nitrogens with zero attached hydrogens (tertiary/aromatic N) is 1. The molecule has 2 rings (SSSR count). The number of aliphatic imine (C=N–C) groups is 1. The molecule has 1 aromatic rings. The lowest BCUT2D eigenvalue weighted by Gasteiger charge is -2.32. The molecule has 1 heterocycles. The molecular weight excluding hydrogens is 421 g/mol. The number of halogens is 1. The summed E-state index contributed by atoms with van der Waals surface area (Å²) in [5.41, 5.74) is 0.302. The third kappa shape index (κ3) is 6.45. The molecule has 0 unspecified atom stereocenters. The number of hydrogen-bond donors (Lipinski definition) is 3. The van der Waals surface area contributed by atoms with Crippen LogP contribution in [0.3, 0.4) is 0 Å². The molecule has 0 aromatic heterocycles. The van der Waals surface area contributed by atoms with Gasteiger partial charge in [-0.3, -0.25) is 0 Å². The van der Waals surface area contributed by atoms with E-state index in [-0.39, 0.29) is 24.0 Å². The fourth-order valence-corrected chi connectivity index (χ4v) is 2.52. The predicted octanol–water partition coefficient (Wildman–Crippen LogP) is 1.91. The predicted molar refractivity (Wildman–Crippen MR) is 106 cm³/mol. The highest BCUT2D eigenvalue weighted by Gasteiger charge is 2.29. The first kappa shape index (κ1) is 21.0. The van der Waals surface area contributed by atoms with Crippen LogP contribution < -0.4 is 15.4 Å². The molecule has 7 heteroatoms. The Bertz CT molecular complexity index is 520. The zero-order valence-corrected chi connectivity index (χ0v) is 16.7. The number of methoxy groups -OCH3 is 1. The SMILES string of the molecule is CCNC(=NCc1ccccc1OC)NCC1(O)CCOCC1.I. The number of para-hydroxylation sites is 1. The van der Waals surface area contributed by atoms with Crippen LogP contribution in [0.1, 0.15) is 25.3 Å². The van der Waals surface area contributed by atoms with E-state index < -0.39 is 5.60 Å². The summed E-state index contributed by atoms with van der Waals surface area (Å²) in [6.07, 6.45) is 1.29. The van der Waals surface area contributed by atoms with Crippen molar-refractivity contribution in [3.05, 3.63) is 29.8 Å². The van der Waals surface area contributed by atoms with Crippen LogP contribution >= 0.6 is 24.0 Å². The quantitative estimate of drug-likeness (QED) is 0.352. The zero-order valence-electron chi connectivity index (χ0n) is 14.4. The summed E-state index contributed by atoms with van der Waals surface area (Å²) in [7, 11) is 1.66. The molecule has 0 radical (unpaired) electrons. The largest absolute Gasteiger partial charge is 0.496 e. The molecule has 24 heavy (non-hydrogen) atoms. The average molecular weight is 449 g/mol. The minimum absolute atomic E-state index is 0. The number of ether oxygens (including phenoxy) is 2. The zero-order chi connectivity index (χ0) is 16.5. The molecule has 136 valence electrons. The highest BCUT2D eigenvalue weighted by atomic mass is 127. The normalized spacial score (nSPS) is 16.9. The number of aliphatic hydroxyl groups is 1. The fraction of sp³-hybridized carbons (Fsp3) is 0.588. The smallest absolute Gasteiger partial charge is 0.191 e. The van der Waals surface area contributed by atoms with Crippen molar-refractivity contribution in [2.24, 2.45) is 4.99 Å². The number of hydrogen-bond acceptors (Lipinski definition) is 4. The van der Waals surface area contributed by atoms with Gasteiger partial charge in [0.25, 0.3) is 0 Å². The molecule has 1 aromatic carbocycles. The first-order chi connectivity index (χ1) is 11.2. The monoisotopic (exact) mass is 449 g/mol. The second-order valence-corrected chi connectivity index (χ2v) is 5.70. The van der Waals surface area contributed by atoms with E-state index in [0.29, 0.717) is 45.1 Å². The molecule has 1 fully saturated rings. The molecule has 0 aliphatic carbocycles. The molecule has 0 spiro atoms. The molecule has 6 nitrogen and oxygen atoms in total. The van der Waals surface area contributed by atoms with Gasteiger partial charge < -0.3 is 25.2 Å². The van der Waals surface area contributed by atoms with Crippen LogP contribution in [0.25, 0.3) is 0 Å². The van der Waals surface area contributed by atoms with Gasteiger partial charge in [0.05, 0.1) is 19.3 Å². The van der Waals surface area contributed by atoms with Gasteiger partial charge in [-0.1, -0.05) is 18.2 Å². The van der Waals surface area contributed by atoms with E-state index in [2.05, 4.69) is 15.6 Å². The Labute approximate surface area is 161 Å². The Morgan fingerprint density at radius 3 is 2.67 bits per heavy atom. The van der Waals surface area contributed by atoms with Crippen molar-refractivity contribution in [1.29, 1.82) is 0 Å². The third-order valence-corrected chi connectivity index (χ3v) is 3.95. The fourth-order valence-electron chi connectivity index (χ4n) is 2.52. The van der Waals surface area contributed by atoms with Gasteiger partial charge in [0, 0.05) is 44.7 Å². The van der Waals surface area contributed by atoms with Gasteiger partial charge in [-0.15, -0.1) is 24.0 Å². The van der Waals surface area contributed by atoms with Crippen molar-refractivity contribution in [1.82, 2.24) is 10.6 Å². The number of benzene rings is 1. The molecule has 1 aliphatic rings. The first-order valence-electron chi connectivity index (χ1n) is 8.11. The maximum atomic E-state index is 10.5. The Morgan fingerprint density at radius 2 is 2.00 bits per heavy atom. The Kier molecular flexibility index (Phi) is 9.38. The summed E-state index contributed by atoms with van der Waals surface area (Å²) in [6, 6.07) is 7.84. The van der Waals surface area contributed by atoms with Gasteiger partial charge in [-0.25, -0.2) is 4.99 Å². The molecule has 0 amide bonds. The van der Waals surface area contributed by atoms with E-state index in [1.807, 2.05) is 31.2 Å². The lowest BCUT2D eigenvalue weighted by Crippen LogP contribution is -2.49. The highest BCUT2D eigenvalue weighted by Crippen LogP contribution is 2.20. The maximum Gasteiger partial charge on any atom is 0.191 e. The highest BCUT2D eigenvalue weighted by molar-refractivity contribution is 14.0. The molecule has 1 aliphatic heterocycles. The van der Waals surface area contributed by atoms with Crippen LogP contribution in [0.2, 0.25) is 0 Å². The number of rotatable bonds is 6. The second-order valence-electron chi connectivity index (χ2n) is 5.70. The topological polar surface area (TPSA) is 75.1 Å². The second kappa shape index (κ2) is 10.7. The first-order valence-corrected chi connectivity index (χ1v) is 8.11. The van der Waals surface area contributed by atoms with E-state index >= 15 is 0 Å². The van der Waals surface area contributed by atoms with Crippen molar-refractivity contribution in [2.75, 3.05) is 33.4 Å². The van der Waals surface area contributed by atoms with E-state index in [1.54, 1.807) is 7.11 Å². The minimum atomic E-state index is -0.723. The average Bonchev–Trinajstić information content (AvgIpc) is 2.58. The van der Waals surface area contributed by atoms with Gasteiger partial charge in [0.15, 0.2) is 5.96 Å². The van der Waals surface area contributed by atoms with Gasteiger partial charge in [-0.2, -0.15) is 0 Å². The van der Waals surface area contributed by atoms with E-state index in [0.717, 1.165) is 17.9 Å². The molecule has 0 bridgehead atoms. The van der Waals surface area contributed by atoms with E-state index in [1.165, 1.54) is 0 Å². The minimum Gasteiger partial charge on any atom is -0.496 e. The Morgan fingerprint density at radius 1 is 1.29 bits per heavy atom. The summed E-state index contributed by atoms with van der Waals surface area (Å²) >= 11 is 0. The van der Waals surface area contributed by atoms with Gasteiger partial charge >= 0.3 is 0 Å². The Balaban J connectivity index is 0.00000288. The molecular formula is C17H28IN3O3. The number of guanidine groups is 1. The third-order valence-electron chi connectivity index (χ3n) is 3.95. The molecule has 3 N–H and O–H groups in total. The van der Waals surface area contributed by atoms with Crippen LogP contribution in [0.4, 0.5) is 0 Å². The van der Waals surface area contributed by atoms with Crippen LogP contribution in [-0.4, -0.2) is 50.1 Å². The summed E-state index contributed by atoms with van der Waals surface area (Å²) in [5, 5.41) is 16.9. The molecule has 0 saturated carbocycles. The molecule has 0 atom stereocenters. The summed E-state index contributed by atoms with van der Waals surface area (Å²) in [5.74, 6) is 1.52. The summed E-state index contributed by atoms with van der Waals surface area (Å²) < 4.78 is 10.6. The van der Waals surface area contributed by atoms with Crippen molar-refractivity contribution in [3.63, 3.8) is 0 Å². The van der Waals surface area contributed by atoms with E-state index in [4.69, 9.17) is 9.47 Å². The Hall–Kier alpha value is -1.06. The van der Waals surface area contributed by atoms with Crippen LogP contribution in [-0.2, 0) is 11.3 Å². The van der Waals surface area contributed by atoms with Crippen molar-refractivity contribution < 1.29 is 14.6 Å². The maximum absolute atomic E-state index is 10.5. The van der Waals surface area contributed by atoms with Crippen LogP contribution in [0.5, 0.6) is 5.75 Å². The van der Waals surface area contributed by atoms with Crippen molar-refractivity contribution in [2.45, 2.75) is 31.9 Å². The van der Waals surface area contributed by atoms with Gasteiger partial charge in [-0.05, 0) is 13.0 Å². The van der Waals surface area contributed by atoms with Crippen LogP contribution in [0, 0.1) is 0 Å². The molecule has 1 saturated heterocycles. The lowest BCUT2D eigenvalue weighted by atomic mass is 9.94. The van der Waals surface area contributed by atoms with Gasteiger partial charge in [0.2, 0.25) is 0 Å². The lowest BCUT2D eigenvalue weighted by molar-refractivity contribution is -0.0594. The summed E-state index contributed by atoms with van der Waals surface area (Å²) in [6.45, 7) is 4.97. The van der Waals surface area contributed by atoms with E-state index in [9.17, 15) is 5.11 Å². The van der Waals surface area contributed by atoms with Crippen molar-refractivity contribution >= 4 is 29.9 Å². The standard InChI is InChI=1S/C17H27N3O3.HI/c1-3-18-16(20-13-17(21)8-10-23-11-9-17)19-12-14-6-4-5-7-15(14)22-2;/h4-7,21H,3,8-13H2,1-2H3,(H2,18,19,20);1H. The summed E-state index contributed by atoms with van der Waals surface area (Å²) in [4.78, 5) is 4.58. The van der Waals surface area contributed by atoms with Crippen molar-refractivity contribution in [3.8, 4) is 5.75 Å².